The molecule has 2 heterocycles. The van der Waals surface area contributed by atoms with Crippen molar-refractivity contribution < 1.29 is 33.3 Å². The van der Waals surface area contributed by atoms with Crippen molar-refractivity contribution in [2.45, 2.75) is 83.5 Å². The van der Waals surface area contributed by atoms with Crippen LogP contribution in [0.4, 0.5) is 11.4 Å². The fraction of sp³-hybridized carbons (Fsp3) is 0.463. The van der Waals surface area contributed by atoms with Gasteiger partial charge in [-0.3, -0.25) is 4.79 Å². The van der Waals surface area contributed by atoms with E-state index in [1.165, 1.54) is 33.9 Å². The number of amides is 1. The number of allylic oxidation sites excluding steroid dienone is 8. The Balaban J connectivity index is 0.00000625. The molecule has 2 aromatic carbocycles. The van der Waals surface area contributed by atoms with Crippen LogP contribution in [0.1, 0.15) is 83.8 Å². The van der Waals surface area contributed by atoms with Gasteiger partial charge < -0.3 is 45.2 Å². The molecule has 0 aromatic heterocycles. The summed E-state index contributed by atoms with van der Waals surface area (Å²) < 4.78 is 2.30. The normalized spacial score (nSPS) is 17.1. The second-order valence-corrected chi connectivity index (χ2v) is 13.8. The van der Waals surface area contributed by atoms with E-state index in [1.54, 1.807) is 0 Å². The fourth-order valence-corrected chi connectivity index (χ4v) is 6.95. The van der Waals surface area contributed by atoms with E-state index in [-0.39, 0.29) is 40.7 Å². The first kappa shape index (κ1) is 39.4. The van der Waals surface area contributed by atoms with Crippen molar-refractivity contribution in [2.75, 3.05) is 44.7 Å². The number of rotatable bonds is 18. The van der Waals surface area contributed by atoms with Gasteiger partial charge in [0, 0.05) is 54.0 Å². The minimum absolute atomic E-state index is 0. The summed E-state index contributed by atoms with van der Waals surface area (Å²) >= 11 is 0. The summed E-state index contributed by atoms with van der Waals surface area (Å²) in [4.78, 5) is 14.8. The molecule has 2 aromatic rings. The van der Waals surface area contributed by atoms with Crippen LogP contribution in [0.5, 0.6) is 0 Å². The van der Waals surface area contributed by atoms with Crippen LogP contribution in [-0.2, 0) is 15.6 Å². The number of carbonyl (C=O) groups is 1. The Morgan fingerprint density at radius 2 is 1.46 bits per heavy atom. The molecule has 0 saturated carbocycles. The van der Waals surface area contributed by atoms with Gasteiger partial charge in [0.1, 0.15) is 7.05 Å². The number of hydrogen-bond donors (Lipinski definition) is 3. The molecule has 0 fully saturated rings. The second kappa shape index (κ2) is 19.2. The molecule has 0 bridgehead atoms. The minimum Gasteiger partial charge on any atom is -1.00 e. The minimum atomic E-state index is -0.0747. The lowest BCUT2D eigenvalue weighted by Crippen LogP contribution is -3.00. The summed E-state index contributed by atoms with van der Waals surface area (Å²) in [5.41, 5.74) is 13.4. The van der Waals surface area contributed by atoms with Gasteiger partial charge in [-0.05, 0) is 83.3 Å². The highest BCUT2D eigenvalue weighted by Gasteiger charge is 2.42. The lowest BCUT2D eigenvalue weighted by molar-refractivity contribution is -0.401. The molecule has 1 amide bonds. The van der Waals surface area contributed by atoms with Crippen LogP contribution in [0.15, 0.2) is 96.8 Å². The first-order valence-electron chi connectivity index (χ1n) is 17.7. The van der Waals surface area contributed by atoms with Gasteiger partial charge in [-0.25, -0.2) is 0 Å². The molecule has 7 heteroatoms. The number of carbonyl (C=O) groups excluding carboxylic acids is 1. The van der Waals surface area contributed by atoms with Crippen molar-refractivity contribution in [3.05, 3.63) is 108 Å². The second-order valence-electron chi connectivity index (χ2n) is 13.8. The number of nitrogens with one attached hydrogen (secondary N) is 2. The fourth-order valence-electron chi connectivity index (χ4n) is 6.95. The maximum absolute atomic E-state index is 12.3. The molecule has 0 saturated heterocycles. The van der Waals surface area contributed by atoms with E-state index >= 15 is 0 Å². The monoisotopic (exact) mass is 763 g/mol. The smallest absolute Gasteiger partial charge is 0.219 e. The third kappa shape index (κ3) is 10.0. The Morgan fingerprint density at radius 1 is 0.792 bits per heavy atom. The maximum atomic E-state index is 12.3. The molecular formula is C41H58IN5O. The molecule has 0 radical (unpaired) electrons. The van der Waals surface area contributed by atoms with Crippen molar-refractivity contribution in [3.8, 4) is 0 Å². The highest BCUT2D eigenvalue weighted by molar-refractivity contribution is 6.03. The van der Waals surface area contributed by atoms with Crippen molar-refractivity contribution >= 4 is 23.0 Å². The lowest BCUT2D eigenvalue weighted by atomic mass is 9.81. The van der Waals surface area contributed by atoms with Crippen molar-refractivity contribution in [3.63, 3.8) is 0 Å². The van der Waals surface area contributed by atoms with Crippen molar-refractivity contribution in [1.82, 2.24) is 10.6 Å². The topological polar surface area (TPSA) is 73.4 Å². The predicted octanol–water partition coefficient (Wildman–Crippen LogP) is 4.44. The summed E-state index contributed by atoms with van der Waals surface area (Å²) in [5, 5.41) is 6.47. The Hall–Kier alpha value is -3.01. The first-order valence-corrected chi connectivity index (χ1v) is 17.7. The van der Waals surface area contributed by atoms with Crippen LogP contribution in [0.3, 0.4) is 0 Å². The number of benzene rings is 2. The number of fused-ring (bicyclic) bond motifs is 2. The quantitative estimate of drug-likeness (QED) is 0.0910. The molecule has 0 spiro atoms. The molecular weight excluding hydrogens is 705 g/mol. The zero-order chi connectivity index (χ0) is 33.7. The highest BCUT2D eigenvalue weighted by atomic mass is 127. The van der Waals surface area contributed by atoms with Crippen molar-refractivity contribution in [2.24, 2.45) is 5.73 Å². The van der Waals surface area contributed by atoms with Gasteiger partial charge in [-0.1, -0.05) is 87.0 Å². The Labute approximate surface area is 307 Å². The number of nitrogens with two attached hydrogens (primary N) is 1. The molecule has 260 valence electrons. The van der Waals surface area contributed by atoms with E-state index < -0.39 is 0 Å². The van der Waals surface area contributed by atoms with Gasteiger partial charge in [-0.15, -0.1) is 0 Å². The summed E-state index contributed by atoms with van der Waals surface area (Å²) in [7, 11) is 2.15. The molecule has 4 rings (SSSR count). The summed E-state index contributed by atoms with van der Waals surface area (Å²) in [6.45, 7) is 13.6. The third-order valence-corrected chi connectivity index (χ3v) is 9.64. The Kier molecular flexibility index (Phi) is 15.8. The van der Waals surface area contributed by atoms with E-state index in [4.69, 9.17) is 5.73 Å². The lowest BCUT2D eigenvalue weighted by Gasteiger charge is -2.27. The van der Waals surface area contributed by atoms with Crippen LogP contribution in [0, 0.1) is 0 Å². The predicted molar refractivity (Wildman–Crippen MR) is 200 cm³/mol. The standard InChI is InChI=1S/C41H57N5O.HI/c1-40(2)33-21-13-15-23-35(33)45(5)37(40)25-10-7-6-8-11-26-38-41(3,4)34-22-14-16-24-36(34)46(38)32-19-9-12-27-39(47)44-31-18-17-29-43-30-20-28-42;/h6-8,10-11,13-16,21-26,43H,9,12,17-20,27-32,42H2,1-5H3;1H. The number of para-hydroxylation sites is 2. The summed E-state index contributed by atoms with van der Waals surface area (Å²) in [6, 6.07) is 17.4. The van der Waals surface area contributed by atoms with Gasteiger partial charge in [0.15, 0.2) is 5.71 Å². The number of anilines is 1. The Bertz CT molecular complexity index is 1500. The average Bonchev–Trinajstić information content (AvgIpc) is 3.39. The Morgan fingerprint density at radius 3 is 2.23 bits per heavy atom. The SMILES string of the molecule is C[N+]1=C(C=CC=CC=CC=C2N(CCCCCC(=O)NCCCCNCCCN)c3ccccc3C2(C)C)C(C)(C)c2ccccc21.[I-]. The number of hydrogen-bond acceptors (Lipinski definition) is 4. The third-order valence-electron chi connectivity index (χ3n) is 9.64. The van der Waals surface area contributed by atoms with E-state index in [0.717, 1.165) is 71.2 Å². The summed E-state index contributed by atoms with van der Waals surface area (Å²) in [6.07, 6.45) is 21.8. The molecule has 6 nitrogen and oxygen atoms in total. The zero-order valence-corrected chi connectivity index (χ0v) is 32.1. The van der Waals surface area contributed by atoms with Gasteiger partial charge in [0.25, 0.3) is 0 Å². The van der Waals surface area contributed by atoms with Gasteiger partial charge in [0.2, 0.25) is 11.6 Å². The van der Waals surface area contributed by atoms with Gasteiger partial charge in [0.05, 0.1) is 5.41 Å². The largest absolute Gasteiger partial charge is 1.00 e. The average molecular weight is 764 g/mol. The van der Waals surface area contributed by atoms with Crippen LogP contribution in [-0.4, -0.2) is 56.0 Å². The molecule has 0 unspecified atom stereocenters. The van der Waals surface area contributed by atoms with Crippen LogP contribution in [0.2, 0.25) is 0 Å². The molecule has 4 N–H and O–H groups in total. The highest BCUT2D eigenvalue weighted by Crippen LogP contribution is 2.47. The van der Waals surface area contributed by atoms with Crippen LogP contribution >= 0.6 is 0 Å². The first-order chi connectivity index (χ1) is 22.7. The zero-order valence-electron chi connectivity index (χ0n) is 29.9. The molecule has 0 atom stereocenters. The van der Waals surface area contributed by atoms with E-state index in [1.807, 2.05) is 0 Å². The summed E-state index contributed by atoms with van der Waals surface area (Å²) in [5.74, 6) is 0.171. The molecule has 0 aliphatic carbocycles. The van der Waals surface area contributed by atoms with E-state index in [9.17, 15) is 4.79 Å². The van der Waals surface area contributed by atoms with E-state index in [2.05, 4.69) is 146 Å². The van der Waals surface area contributed by atoms with Gasteiger partial charge >= 0.3 is 0 Å². The maximum Gasteiger partial charge on any atom is 0.219 e. The van der Waals surface area contributed by atoms with Crippen LogP contribution < -0.4 is 45.2 Å². The van der Waals surface area contributed by atoms with Gasteiger partial charge in [-0.2, -0.15) is 4.58 Å². The number of unbranched alkanes of at least 4 members (excludes halogenated alkanes) is 3. The molecule has 2 aliphatic rings. The number of nitrogens with zero attached hydrogens (tertiary/aromatic N) is 2. The number of halogens is 1. The van der Waals surface area contributed by atoms with E-state index in [0.29, 0.717) is 6.42 Å². The van der Waals surface area contributed by atoms with Crippen molar-refractivity contribution in [1.29, 1.82) is 0 Å². The van der Waals surface area contributed by atoms with Crippen LogP contribution in [0.25, 0.3) is 0 Å². The molecule has 2 aliphatic heterocycles. The molecule has 48 heavy (non-hydrogen) atoms.